The minimum atomic E-state index is -5.05. The van der Waals surface area contributed by atoms with Crippen LogP contribution in [0.2, 0.25) is 5.02 Å². The standard InChI is InChI=1S/C27H34ClF3N4O6S/c1-5-42(38,39)23-7-6-18(28)10-16(23)13-33-24(36)20-12-22(40-27(29,30)31)17(11-21(20)32)14-35-9-8-19(15-35)34-25(37)41-26(2,3)4/h6-7,10-12,19H,5,8-9,13-15,32H2,1-4H3,(H,33,36)(H,34,37)/t19-/m1/s1. The summed E-state index contributed by atoms with van der Waals surface area (Å²) < 4.78 is 74.3. The lowest BCUT2D eigenvalue weighted by Crippen LogP contribution is -2.40. The van der Waals surface area contributed by atoms with Gasteiger partial charge in [0.15, 0.2) is 9.84 Å². The Balaban J connectivity index is 1.78. The number of sulfone groups is 1. The molecule has 4 N–H and O–H groups in total. The Morgan fingerprint density at radius 2 is 1.83 bits per heavy atom. The molecule has 2 aromatic carbocycles. The molecule has 0 aromatic heterocycles. The van der Waals surface area contributed by atoms with Gasteiger partial charge in [-0.05, 0) is 63.1 Å². The van der Waals surface area contributed by atoms with E-state index >= 15 is 0 Å². The molecule has 42 heavy (non-hydrogen) atoms. The predicted octanol–water partition coefficient (Wildman–Crippen LogP) is 4.64. The number of nitrogens with zero attached hydrogens (tertiary/aromatic N) is 1. The number of ether oxygens (including phenoxy) is 2. The van der Waals surface area contributed by atoms with E-state index in [1.165, 1.54) is 31.2 Å². The van der Waals surface area contributed by atoms with Crippen molar-refractivity contribution in [3.8, 4) is 5.75 Å². The molecule has 3 rings (SSSR count). The van der Waals surface area contributed by atoms with Crippen molar-refractivity contribution < 1.29 is 40.7 Å². The zero-order valence-electron chi connectivity index (χ0n) is 23.6. The molecule has 0 bridgehead atoms. The largest absolute Gasteiger partial charge is 0.573 e. The zero-order valence-corrected chi connectivity index (χ0v) is 25.2. The van der Waals surface area contributed by atoms with Crippen LogP contribution in [0.1, 0.15) is 55.6 Å². The van der Waals surface area contributed by atoms with Crippen LogP contribution in [0.5, 0.6) is 5.75 Å². The molecule has 2 amide bonds. The summed E-state index contributed by atoms with van der Waals surface area (Å²) in [5.74, 6) is -1.63. The van der Waals surface area contributed by atoms with Crippen molar-refractivity contribution in [2.45, 2.75) is 70.1 Å². The summed E-state index contributed by atoms with van der Waals surface area (Å²) in [4.78, 5) is 26.9. The van der Waals surface area contributed by atoms with Gasteiger partial charge in [-0.2, -0.15) is 0 Å². The average molecular weight is 635 g/mol. The highest BCUT2D eigenvalue weighted by Crippen LogP contribution is 2.32. The maximum atomic E-state index is 13.3. The van der Waals surface area contributed by atoms with E-state index in [1.807, 2.05) is 4.90 Å². The number of nitrogen functional groups attached to an aromatic ring is 1. The summed E-state index contributed by atoms with van der Waals surface area (Å²) in [5.41, 5.74) is 5.32. The molecule has 0 spiro atoms. The van der Waals surface area contributed by atoms with Crippen LogP contribution in [0.3, 0.4) is 0 Å². The minimum absolute atomic E-state index is 0.00472. The number of halogens is 4. The van der Waals surface area contributed by atoms with E-state index in [4.69, 9.17) is 22.1 Å². The summed E-state index contributed by atoms with van der Waals surface area (Å²) in [6.45, 7) is 7.21. The smallest absolute Gasteiger partial charge is 0.444 e. The molecule has 0 saturated carbocycles. The van der Waals surface area contributed by atoms with E-state index in [0.717, 1.165) is 6.07 Å². The van der Waals surface area contributed by atoms with Gasteiger partial charge in [0.2, 0.25) is 0 Å². The summed E-state index contributed by atoms with van der Waals surface area (Å²) >= 11 is 6.01. The van der Waals surface area contributed by atoms with E-state index in [0.29, 0.717) is 19.5 Å². The number of hydrogen-bond donors (Lipinski definition) is 3. The molecule has 0 aliphatic carbocycles. The SMILES string of the molecule is CCS(=O)(=O)c1ccc(Cl)cc1CNC(=O)c1cc(OC(F)(F)F)c(CN2CC[C@@H](NC(=O)OC(C)(C)C)C2)cc1N. The highest BCUT2D eigenvalue weighted by atomic mass is 35.5. The Hall–Kier alpha value is -3.23. The molecule has 15 heteroatoms. The number of alkyl carbamates (subject to hydrolysis) is 1. The van der Waals surface area contributed by atoms with Gasteiger partial charge >= 0.3 is 12.5 Å². The Morgan fingerprint density at radius 3 is 2.45 bits per heavy atom. The van der Waals surface area contributed by atoms with Crippen molar-refractivity contribution >= 4 is 39.1 Å². The van der Waals surface area contributed by atoms with Gasteiger partial charge in [0, 0.05) is 48.5 Å². The molecule has 1 fully saturated rings. The highest BCUT2D eigenvalue weighted by molar-refractivity contribution is 7.91. The molecule has 10 nitrogen and oxygen atoms in total. The molecular formula is C27H34ClF3N4O6S. The lowest BCUT2D eigenvalue weighted by Gasteiger charge is -2.23. The summed E-state index contributed by atoms with van der Waals surface area (Å²) in [6, 6.07) is 5.98. The van der Waals surface area contributed by atoms with E-state index in [2.05, 4.69) is 15.4 Å². The van der Waals surface area contributed by atoms with Gasteiger partial charge < -0.3 is 25.8 Å². The topological polar surface area (TPSA) is 140 Å². The van der Waals surface area contributed by atoms with Gasteiger partial charge in [0.25, 0.3) is 5.91 Å². The number of amides is 2. The Bertz CT molecular complexity index is 1430. The average Bonchev–Trinajstić information content (AvgIpc) is 3.28. The first-order valence-electron chi connectivity index (χ1n) is 13.1. The molecule has 1 aliphatic rings. The second-order valence-electron chi connectivity index (χ2n) is 10.8. The fourth-order valence-electron chi connectivity index (χ4n) is 4.41. The lowest BCUT2D eigenvalue weighted by atomic mass is 10.1. The van der Waals surface area contributed by atoms with Gasteiger partial charge in [-0.1, -0.05) is 18.5 Å². The number of anilines is 1. The number of nitrogens with two attached hydrogens (primary N) is 1. The maximum absolute atomic E-state index is 13.3. The Labute approximate surface area is 247 Å². The van der Waals surface area contributed by atoms with E-state index in [-0.39, 0.29) is 57.2 Å². The number of rotatable bonds is 9. The van der Waals surface area contributed by atoms with E-state index < -0.39 is 39.6 Å². The van der Waals surface area contributed by atoms with E-state index in [9.17, 15) is 31.2 Å². The van der Waals surface area contributed by atoms with Crippen LogP contribution in [-0.4, -0.2) is 62.2 Å². The maximum Gasteiger partial charge on any atom is 0.573 e. The Morgan fingerprint density at radius 1 is 1.14 bits per heavy atom. The summed E-state index contributed by atoms with van der Waals surface area (Å²) in [7, 11) is -3.64. The molecule has 0 radical (unpaired) electrons. The van der Waals surface area contributed by atoms with Gasteiger partial charge in [-0.25, -0.2) is 13.2 Å². The number of benzene rings is 2. The molecule has 1 aliphatic heterocycles. The van der Waals surface area contributed by atoms with Gasteiger partial charge in [-0.15, -0.1) is 13.2 Å². The van der Waals surface area contributed by atoms with Crippen molar-refractivity contribution in [3.05, 3.63) is 52.0 Å². The van der Waals surface area contributed by atoms with E-state index in [1.54, 1.807) is 20.8 Å². The summed E-state index contributed by atoms with van der Waals surface area (Å²) in [5, 5.41) is 5.49. The van der Waals surface area contributed by atoms with Gasteiger partial charge in [0.1, 0.15) is 11.4 Å². The number of carbonyl (C=O) groups is 2. The van der Waals surface area contributed by atoms with Crippen LogP contribution in [0.25, 0.3) is 0 Å². The molecule has 232 valence electrons. The number of likely N-dealkylation sites (tertiary alicyclic amines) is 1. The van der Waals surface area contributed by atoms with Crippen LogP contribution >= 0.6 is 11.6 Å². The fourth-order valence-corrected chi connectivity index (χ4v) is 5.72. The predicted molar refractivity (Wildman–Crippen MR) is 151 cm³/mol. The molecule has 1 heterocycles. The molecule has 1 saturated heterocycles. The van der Waals surface area contributed by atoms with Crippen LogP contribution in [0, 0.1) is 0 Å². The highest BCUT2D eigenvalue weighted by Gasteiger charge is 2.34. The second-order valence-corrected chi connectivity index (χ2v) is 13.5. The first-order valence-corrected chi connectivity index (χ1v) is 15.1. The third kappa shape index (κ3) is 9.39. The fraction of sp³-hybridized carbons (Fsp3) is 0.481. The molecule has 2 aromatic rings. The van der Waals surface area contributed by atoms with Gasteiger partial charge in [-0.3, -0.25) is 9.69 Å². The lowest BCUT2D eigenvalue weighted by molar-refractivity contribution is -0.275. The quantitative estimate of drug-likeness (QED) is 0.339. The van der Waals surface area contributed by atoms with Crippen molar-refractivity contribution in [2.24, 2.45) is 0 Å². The molecule has 0 unspecified atom stereocenters. The monoisotopic (exact) mass is 634 g/mol. The van der Waals surface area contributed by atoms with Crippen LogP contribution in [0.4, 0.5) is 23.7 Å². The van der Waals surface area contributed by atoms with Gasteiger partial charge in [0.05, 0.1) is 16.2 Å². The number of alkyl halides is 3. The number of carbonyl (C=O) groups excluding carboxylic acids is 2. The third-order valence-electron chi connectivity index (χ3n) is 6.27. The minimum Gasteiger partial charge on any atom is -0.444 e. The van der Waals surface area contributed by atoms with Crippen LogP contribution in [0.15, 0.2) is 35.2 Å². The van der Waals surface area contributed by atoms with Crippen molar-refractivity contribution in [2.75, 3.05) is 24.6 Å². The second kappa shape index (κ2) is 13.0. The molecule has 1 atom stereocenters. The zero-order chi connectivity index (χ0) is 31.5. The van der Waals surface area contributed by atoms with Crippen molar-refractivity contribution in [3.63, 3.8) is 0 Å². The first-order chi connectivity index (χ1) is 19.4. The van der Waals surface area contributed by atoms with Crippen LogP contribution in [-0.2, 0) is 27.7 Å². The van der Waals surface area contributed by atoms with Crippen molar-refractivity contribution in [1.82, 2.24) is 15.5 Å². The van der Waals surface area contributed by atoms with Crippen LogP contribution < -0.4 is 21.1 Å². The van der Waals surface area contributed by atoms with Crippen molar-refractivity contribution in [1.29, 1.82) is 0 Å². The third-order valence-corrected chi connectivity index (χ3v) is 8.33. The first kappa shape index (κ1) is 33.3. The Kier molecular flexibility index (Phi) is 10.3. The summed E-state index contributed by atoms with van der Waals surface area (Å²) in [6.07, 6.45) is -5.09. The molecular weight excluding hydrogens is 601 g/mol. The normalized spacial score (nSPS) is 16.2. The number of nitrogens with one attached hydrogen (secondary N) is 2. The number of hydrogen-bond acceptors (Lipinski definition) is 8.